The van der Waals surface area contributed by atoms with E-state index in [0.29, 0.717) is 16.3 Å². The number of rotatable bonds is 4. The number of likely N-dealkylation sites (tertiary alicyclic amines) is 1. The highest BCUT2D eigenvalue weighted by atomic mass is 35.5. The van der Waals surface area contributed by atoms with Gasteiger partial charge >= 0.3 is 0 Å². The van der Waals surface area contributed by atoms with Crippen molar-refractivity contribution in [2.75, 3.05) is 26.7 Å². The molecule has 0 bridgehead atoms. The lowest BCUT2D eigenvalue weighted by Gasteiger charge is -2.20. The van der Waals surface area contributed by atoms with Crippen molar-refractivity contribution in [2.45, 2.75) is 12.8 Å². The van der Waals surface area contributed by atoms with E-state index in [9.17, 15) is 9.59 Å². The summed E-state index contributed by atoms with van der Waals surface area (Å²) >= 11 is 6.15. The molecule has 1 fully saturated rings. The average Bonchev–Trinajstić information content (AvgIpc) is 3.26. The Kier molecular flexibility index (Phi) is 4.85. The number of halogens is 1. The normalized spacial score (nSPS) is 14.0. The molecule has 0 saturated carbocycles. The molecular formula is C17H19ClN4O2. The van der Waals surface area contributed by atoms with Crippen molar-refractivity contribution in [1.29, 1.82) is 0 Å². The summed E-state index contributed by atoms with van der Waals surface area (Å²) in [4.78, 5) is 27.9. The number of hydrogen-bond acceptors (Lipinski definition) is 3. The summed E-state index contributed by atoms with van der Waals surface area (Å²) in [5.41, 5.74) is 1.13. The second-order valence-corrected chi connectivity index (χ2v) is 6.28. The summed E-state index contributed by atoms with van der Waals surface area (Å²) in [7, 11) is 1.63. The van der Waals surface area contributed by atoms with Gasteiger partial charge in [0, 0.05) is 26.3 Å². The summed E-state index contributed by atoms with van der Waals surface area (Å²) in [5, 5.41) is 4.75. The molecule has 1 aliphatic heterocycles. The van der Waals surface area contributed by atoms with Gasteiger partial charge in [-0.25, -0.2) is 4.68 Å². The van der Waals surface area contributed by atoms with Gasteiger partial charge in [-0.1, -0.05) is 23.7 Å². The Labute approximate surface area is 145 Å². The fourth-order valence-corrected chi connectivity index (χ4v) is 2.99. The molecule has 1 aliphatic rings. The van der Waals surface area contributed by atoms with E-state index in [-0.39, 0.29) is 18.4 Å². The topological polar surface area (TPSA) is 58.4 Å². The highest BCUT2D eigenvalue weighted by molar-refractivity contribution is 6.32. The maximum atomic E-state index is 12.5. The van der Waals surface area contributed by atoms with Crippen LogP contribution in [0.25, 0.3) is 5.69 Å². The van der Waals surface area contributed by atoms with E-state index in [2.05, 4.69) is 5.10 Å². The number of aromatic nitrogens is 2. The van der Waals surface area contributed by atoms with Gasteiger partial charge in [-0.15, -0.1) is 0 Å². The number of hydrogen-bond donors (Lipinski definition) is 0. The molecule has 0 aliphatic carbocycles. The third kappa shape index (κ3) is 3.43. The van der Waals surface area contributed by atoms with Crippen molar-refractivity contribution in [3.8, 4) is 5.69 Å². The van der Waals surface area contributed by atoms with Gasteiger partial charge in [-0.05, 0) is 25.0 Å². The van der Waals surface area contributed by atoms with E-state index >= 15 is 0 Å². The second kappa shape index (κ2) is 7.05. The second-order valence-electron chi connectivity index (χ2n) is 5.87. The highest BCUT2D eigenvalue weighted by Crippen LogP contribution is 2.19. The maximum absolute atomic E-state index is 12.5. The largest absolute Gasteiger partial charge is 0.341 e. The zero-order chi connectivity index (χ0) is 17.1. The monoisotopic (exact) mass is 346 g/mol. The van der Waals surface area contributed by atoms with Crippen molar-refractivity contribution >= 4 is 23.4 Å². The standard InChI is InChI=1S/C17H19ClN4O2/c1-20(12-16(23)21-8-4-5-9-21)17(24)13-10-19-22(11-13)15-7-3-2-6-14(15)18/h2-3,6-7,10-11H,4-5,8-9,12H2,1H3. The van der Waals surface area contributed by atoms with E-state index in [0.717, 1.165) is 25.9 Å². The first-order valence-corrected chi connectivity index (χ1v) is 8.27. The first-order chi connectivity index (χ1) is 11.6. The Morgan fingerprint density at radius 2 is 1.96 bits per heavy atom. The van der Waals surface area contributed by atoms with Crippen molar-refractivity contribution in [3.05, 3.63) is 47.2 Å². The summed E-state index contributed by atoms with van der Waals surface area (Å²) in [6.45, 7) is 1.65. The first kappa shape index (κ1) is 16.5. The molecule has 2 heterocycles. The molecule has 7 heteroatoms. The molecule has 126 valence electrons. The Hall–Kier alpha value is -2.34. The molecule has 0 radical (unpaired) electrons. The van der Waals surface area contributed by atoms with E-state index in [4.69, 9.17) is 11.6 Å². The smallest absolute Gasteiger partial charge is 0.257 e. The van der Waals surface area contributed by atoms with Crippen molar-refractivity contribution in [3.63, 3.8) is 0 Å². The third-order valence-corrected chi connectivity index (χ3v) is 4.43. The number of para-hydroxylation sites is 1. The average molecular weight is 347 g/mol. The molecular weight excluding hydrogens is 328 g/mol. The molecule has 0 unspecified atom stereocenters. The van der Waals surface area contributed by atoms with Crippen LogP contribution in [0.1, 0.15) is 23.2 Å². The highest BCUT2D eigenvalue weighted by Gasteiger charge is 2.22. The molecule has 1 saturated heterocycles. The Morgan fingerprint density at radius 3 is 2.67 bits per heavy atom. The first-order valence-electron chi connectivity index (χ1n) is 7.89. The van der Waals surface area contributed by atoms with Gasteiger partial charge in [0.05, 0.1) is 29.0 Å². The van der Waals surface area contributed by atoms with Gasteiger partial charge in [0.25, 0.3) is 5.91 Å². The maximum Gasteiger partial charge on any atom is 0.257 e. The molecule has 2 amide bonds. The number of benzene rings is 1. The van der Waals surface area contributed by atoms with Crippen LogP contribution < -0.4 is 0 Å². The zero-order valence-electron chi connectivity index (χ0n) is 13.5. The number of carbonyl (C=O) groups is 2. The predicted molar refractivity (Wildman–Crippen MR) is 91.3 cm³/mol. The summed E-state index contributed by atoms with van der Waals surface area (Å²) in [6.07, 6.45) is 5.19. The lowest BCUT2D eigenvalue weighted by Crippen LogP contribution is -2.39. The Morgan fingerprint density at radius 1 is 1.25 bits per heavy atom. The van der Waals surface area contributed by atoms with Gasteiger partial charge < -0.3 is 9.80 Å². The quantitative estimate of drug-likeness (QED) is 0.853. The van der Waals surface area contributed by atoms with Gasteiger partial charge in [0.15, 0.2) is 0 Å². The van der Waals surface area contributed by atoms with Gasteiger partial charge in [-0.3, -0.25) is 9.59 Å². The van der Waals surface area contributed by atoms with Crippen molar-refractivity contribution < 1.29 is 9.59 Å². The molecule has 2 aromatic rings. The van der Waals surface area contributed by atoms with Crippen LogP contribution in [0, 0.1) is 0 Å². The minimum atomic E-state index is -0.235. The third-order valence-electron chi connectivity index (χ3n) is 4.11. The van der Waals surface area contributed by atoms with Gasteiger partial charge in [0.2, 0.25) is 5.91 Å². The van der Waals surface area contributed by atoms with Crippen LogP contribution in [0.2, 0.25) is 5.02 Å². The van der Waals surface area contributed by atoms with Crippen LogP contribution in [-0.2, 0) is 4.79 Å². The summed E-state index contributed by atoms with van der Waals surface area (Å²) in [5.74, 6) is -0.248. The minimum absolute atomic E-state index is 0.0122. The molecule has 1 aromatic heterocycles. The molecule has 0 atom stereocenters. The van der Waals surface area contributed by atoms with Crippen LogP contribution >= 0.6 is 11.6 Å². The van der Waals surface area contributed by atoms with Crippen molar-refractivity contribution in [2.24, 2.45) is 0 Å². The fourth-order valence-electron chi connectivity index (χ4n) is 2.76. The van der Waals surface area contributed by atoms with Crippen molar-refractivity contribution in [1.82, 2.24) is 19.6 Å². The molecule has 0 N–H and O–H groups in total. The van der Waals surface area contributed by atoms with Gasteiger partial charge in [0.1, 0.15) is 0 Å². The van der Waals surface area contributed by atoms with Crippen LogP contribution in [-0.4, -0.2) is 58.1 Å². The Bertz CT molecular complexity index is 753. The van der Waals surface area contributed by atoms with Gasteiger partial charge in [-0.2, -0.15) is 5.10 Å². The zero-order valence-corrected chi connectivity index (χ0v) is 14.2. The minimum Gasteiger partial charge on any atom is -0.341 e. The SMILES string of the molecule is CN(CC(=O)N1CCCC1)C(=O)c1cnn(-c2ccccc2Cl)c1. The number of likely N-dealkylation sites (N-methyl/N-ethyl adjacent to an activating group) is 1. The van der Waals surface area contributed by atoms with E-state index in [1.165, 1.54) is 11.1 Å². The number of carbonyl (C=O) groups excluding carboxylic acids is 2. The van der Waals surface area contributed by atoms with Crippen LogP contribution in [0.4, 0.5) is 0 Å². The molecule has 1 aromatic carbocycles. The van der Waals surface area contributed by atoms with E-state index < -0.39 is 0 Å². The van der Waals surface area contributed by atoms with Crippen LogP contribution in [0.5, 0.6) is 0 Å². The Balaban J connectivity index is 1.69. The fraction of sp³-hybridized carbons (Fsp3) is 0.353. The van der Waals surface area contributed by atoms with Crippen LogP contribution in [0.15, 0.2) is 36.7 Å². The molecule has 24 heavy (non-hydrogen) atoms. The lowest BCUT2D eigenvalue weighted by molar-refractivity contribution is -0.130. The number of nitrogens with zero attached hydrogens (tertiary/aromatic N) is 4. The molecule has 0 spiro atoms. The predicted octanol–water partition coefficient (Wildman–Crippen LogP) is 2.22. The lowest BCUT2D eigenvalue weighted by atomic mass is 10.3. The number of amides is 2. The summed E-state index contributed by atoms with van der Waals surface area (Å²) < 4.78 is 1.56. The van der Waals surface area contributed by atoms with E-state index in [1.807, 2.05) is 18.2 Å². The van der Waals surface area contributed by atoms with E-state index in [1.54, 1.807) is 28.9 Å². The molecule has 6 nitrogen and oxygen atoms in total. The molecule has 3 rings (SSSR count). The summed E-state index contributed by atoms with van der Waals surface area (Å²) in [6, 6.07) is 7.27. The van der Waals surface area contributed by atoms with Crippen LogP contribution in [0.3, 0.4) is 0 Å².